The van der Waals surface area contributed by atoms with Crippen LogP contribution in [0.4, 0.5) is 13.2 Å². The predicted octanol–water partition coefficient (Wildman–Crippen LogP) is 4.61. The number of halogens is 4. The molecule has 1 heterocycles. The third-order valence-electron chi connectivity index (χ3n) is 7.44. The Kier molecular flexibility index (Phi) is 5.82. The van der Waals surface area contributed by atoms with Crippen molar-refractivity contribution >= 4 is 29.4 Å². The number of carbonyl (C=O) groups is 3. The smallest absolute Gasteiger partial charge is 0.416 e. The average molecular weight is 521 g/mol. The van der Waals surface area contributed by atoms with E-state index in [2.05, 4.69) is 0 Å². The number of nitrogens with zero attached hydrogens (tertiary/aromatic N) is 2. The van der Waals surface area contributed by atoms with Crippen LogP contribution in [-0.2, 0) is 27.0 Å². The Labute approximate surface area is 210 Å². The molecular weight excluding hydrogens is 497 g/mol. The lowest BCUT2D eigenvalue weighted by molar-refractivity contribution is -0.281. The Bertz CT molecular complexity index is 1180. The standard InChI is InChI=1S/C26H24ClF3N2O4/c1-16(27)31-12-20(33)32(11-17-7-9-19(10-8-17)26(28,29)30)21(22(31)34)24-13-25(14-24,15-24)36-23(35)18-5-3-2-4-6-18/h2-10,16,21H,11-15H2,1H3. The molecule has 0 spiro atoms. The molecule has 2 unspecified atom stereocenters. The summed E-state index contributed by atoms with van der Waals surface area (Å²) in [5.74, 6) is -1.06. The fraction of sp³-hybridized carbons (Fsp3) is 0.423. The van der Waals surface area contributed by atoms with Crippen molar-refractivity contribution in [2.75, 3.05) is 6.54 Å². The first-order chi connectivity index (χ1) is 16.9. The first-order valence-electron chi connectivity index (χ1n) is 11.6. The van der Waals surface area contributed by atoms with Gasteiger partial charge in [0.15, 0.2) is 0 Å². The minimum atomic E-state index is -4.47. The van der Waals surface area contributed by atoms with Crippen molar-refractivity contribution in [2.24, 2.45) is 5.41 Å². The predicted molar refractivity (Wildman–Crippen MR) is 124 cm³/mol. The highest BCUT2D eigenvalue weighted by molar-refractivity contribution is 6.21. The van der Waals surface area contributed by atoms with E-state index in [-0.39, 0.29) is 24.9 Å². The van der Waals surface area contributed by atoms with Gasteiger partial charge in [0.2, 0.25) is 11.8 Å². The maximum atomic E-state index is 13.5. The highest BCUT2D eigenvalue weighted by Crippen LogP contribution is 2.72. The molecule has 4 fully saturated rings. The number of piperazine rings is 1. The van der Waals surface area contributed by atoms with Crippen LogP contribution in [0.2, 0.25) is 0 Å². The van der Waals surface area contributed by atoms with Crippen LogP contribution in [-0.4, -0.2) is 51.3 Å². The van der Waals surface area contributed by atoms with E-state index >= 15 is 0 Å². The zero-order chi connectivity index (χ0) is 25.9. The van der Waals surface area contributed by atoms with Crippen LogP contribution in [0.5, 0.6) is 0 Å². The van der Waals surface area contributed by atoms with Crippen molar-refractivity contribution in [1.82, 2.24) is 9.80 Å². The van der Waals surface area contributed by atoms with Crippen LogP contribution >= 0.6 is 11.6 Å². The number of hydrogen-bond donors (Lipinski definition) is 0. The first-order valence-corrected chi connectivity index (χ1v) is 12.1. The molecule has 190 valence electrons. The van der Waals surface area contributed by atoms with Crippen molar-refractivity contribution < 1.29 is 32.3 Å². The number of amides is 2. The van der Waals surface area contributed by atoms with Crippen molar-refractivity contribution in [3.8, 4) is 0 Å². The van der Waals surface area contributed by atoms with E-state index in [1.807, 2.05) is 0 Å². The molecule has 2 aromatic carbocycles. The lowest BCUT2D eigenvalue weighted by Gasteiger charge is -2.72. The van der Waals surface area contributed by atoms with E-state index in [1.165, 1.54) is 21.9 Å². The van der Waals surface area contributed by atoms with Gasteiger partial charge < -0.3 is 14.5 Å². The first kappa shape index (κ1) is 24.6. The Morgan fingerprint density at radius 3 is 2.25 bits per heavy atom. The fourth-order valence-electron chi connectivity index (χ4n) is 5.82. The van der Waals surface area contributed by atoms with E-state index < -0.39 is 40.3 Å². The van der Waals surface area contributed by atoms with Crippen molar-refractivity contribution in [1.29, 1.82) is 0 Å². The van der Waals surface area contributed by atoms with Gasteiger partial charge in [-0.1, -0.05) is 41.9 Å². The van der Waals surface area contributed by atoms with Crippen LogP contribution in [0.1, 0.15) is 47.7 Å². The topological polar surface area (TPSA) is 66.9 Å². The molecule has 1 saturated heterocycles. The largest absolute Gasteiger partial charge is 0.455 e. The fourth-order valence-corrected chi connectivity index (χ4v) is 5.98. The highest BCUT2D eigenvalue weighted by atomic mass is 35.5. The molecule has 6 nitrogen and oxygen atoms in total. The molecule has 36 heavy (non-hydrogen) atoms. The van der Waals surface area contributed by atoms with Gasteiger partial charge in [0.05, 0.1) is 11.1 Å². The summed E-state index contributed by atoms with van der Waals surface area (Å²) < 4.78 is 44.7. The number of alkyl halides is 4. The van der Waals surface area contributed by atoms with E-state index in [0.29, 0.717) is 30.4 Å². The molecule has 2 aromatic rings. The Balaban J connectivity index is 1.35. The van der Waals surface area contributed by atoms with Gasteiger partial charge in [-0.15, -0.1) is 0 Å². The molecule has 2 atom stereocenters. The molecule has 0 N–H and O–H groups in total. The third-order valence-corrected chi connectivity index (χ3v) is 7.68. The summed E-state index contributed by atoms with van der Waals surface area (Å²) in [5, 5.41) is 0. The molecule has 2 amide bonds. The van der Waals surface area contributed by atoms with E-state index in [4.69, 9.17) is 16.3 Å². The maximum absolute atomic E-state index is 13.5. The second-order valence-electron chi connectivity index (χ2n) is 9.99. The van der Waals surface area contributed by atoms with Gasteiger partial charge >= 0.3 is 12.1 Å². The second-order valence-corrected chi connectivity index (χ2v) is 10.6. The maximum Gasteiger partial charge on any atom is 0.416 e. The van der Waals surface area contributed by atoms with Crippen molar-refractivity contribution in [2.45, 2.75) is 56.1 Å². The third kappa shape index (κ3) is 4.13. The van der Waals surface area contributed by atoms with E-state index in [9.17, 15) is 27.6 Å². The van der Waals surface area contributed by atoms with Crippen LogP contribution in [0.15, 0.2) is 54.6 Å². The summed E-state index contributed by atoms with van der Waals surface area (Å²) in [4.78, 5) is 42.0. The van der Waals surface area contributed by atoms with E-state index in [0.717, 1.165) is 12.1 Å². The Hall–Kier alpha value is -3.07. The number of esters is 1. The van der Waals surface area contributed by atoms with Gasteiger partial charge in [-0.2, -0.15) is 13.2 Å². The molecule has 3 aliphatic carbocycles. The monoisotopic (exact) mass is 520 g/mol. The van der Waals surface area contributed by atoms with Gasteiger partial charge in [-0.05, 0) is 56.0 Å². The van der Waals surface area contributed by atoms with Gasteiger partial charge in [-0.3, -0.25) is 9.59 Å². The Morgan fingerprint density at radius 2 is 1.69 bits per heavy atom. The van der Waals surface area contributed by atoms with Gasteiger partial charge in [0, 0.05) is 12.0 Å². The SMILES string of the molecule is CC(Cl)N1CC(=O)N(Cc2ccc(C(F)(F)F)cc2)C(C23CC(OC(=O)c4ccccc4)(C2)C3)C1=O. The number of benzene rings is 2. The van der Waals surface area contributed by atoms with Gasteiger partial charge in [-0.25, -0.2) is 4.79 Å². The summed E-state index contributed by atoms with van der Waals surface area (Å²) in [6.07, 6.45) is -3.19. The summed E-state index contributed by atoms with van der Waals surface area (Å²) in [5.41, 5.74) is -1.81. The minimum absolute atomic E-state index is 0.00353. The average Bonchev–Trinajstić information content (AvgIpc) is 2.78. The van der Waals surface area contributed by atoms with E-state index in [1.54, 1.807) is 37.3 Å². The summed E-state index contributed by atoms with van der Waals surface area (Å²) in [7, 11) is 0. The van der Waals surface area contributed by atoms with Crippen LogP contribution in [0.25, 0.3) is 0 Å². The van der Waals surface area contributed by atoms with Crippen molar-refractivity contribution in [3.05, 3.63) is 71.3 Å². The second kappa shape index (κ2) is 8.50. The Morgan fingerprint density at radius 1 is 1.08 bits per heavy atom. The molecule has 10 heteroatoms. The van der Waals surface area contributed by atoms with Crippen LogP contribution in [0.3, 0.4) is 0 Å². The molecule has 0 aromatic heterocycles. The quantitative estimate of drug-likeness (QED) is 0.317. The van der Waals surface area contributed by atoms with Crippen molar-refractivity contribution in [3.63, 3.8) is 0 Å². The molecule has 2 bridgehead atoms. The zero-order valence-corrected chi connectivity index (χ0v) is 20.2. The number of carbonyl (C=O) groups excluding carboxylic acids is 3. The number of hydrogen-bond acceptors (Lipinski definition) is 4. The number of rotatable bonds is 6. The summed E-state index contributed by atoms with van der Waals surface area (Å²) in [6, 6.07) is 12.4. The highest BCUT2D eigenvalue weighted by Gasteiger charge is 2.76. The minimum Gasteiger partial charge on any atom is -0.455 e. The molecule has 4 aliphatic rings. The number of ether oxygens (including phenoxy) is 1. The van der Waals surface area contributed by atoms with Gasteiger partial charge in [0.25, 0.3) is 0 Å². The normalized spacial score (nSPS) is 28.3. The van der Waals surface area contributed by atoms with Crippen LogP contribution in [0, 0.1) is 5.41 Å². The molecule has 0 radical (unpaired) electrons. The molecule has 1 aliphatic heterocycles. The lowest BCUT2D eigenvalue weighted by atomic mass is 9.38. The summed E-state index contributed by atoms with van der Waals surface area (Å²) >= 11 is 6.20. The summed E-state index contributed by atoms with van der Waals surface area (Å²) in [6.45, 7) is 1.40. The lowest BCUT2D eigenvalue weighted by Crippen LogP contribution is -2.79. The zero-order valence-electron chi connectivity index (χ0n) is 19.4. The molecule has 3 saturated carbocycles. The molecular formula is C26H24ClF3N2O4. The molecule has 6 rings (SSSR count). The van der Waals surface area contributed by atoms with Crippen LogP contribution < -0.4 is 0 Å². The van der Waals surface area contributed by atoms with Gasteiger partial charge in [0.1, 0.15) is 23.7 Å².